The fourth-order valence-electron chi connectivity index (χ4n) is 1.53. The third kappa shape index (κ3) is 2.70. The van der Waals surface area contributed by atoms with Crippen molar-refractivity contribution in [1.29, 1.82) is 0 Å². The highest BCUT2D eigenvalue weighted by Gasteiger charge is 2.08. The lowest BCUT2D eigenvalue weighted by Crippen LogP contribution is -1.97. The van der Waals surface area contributed by atoms with E-state index >= 15 is 0 Å². The number of aryl methyl sites for hydroxylation is 1. The molecule has 6 heteroatoms. The molecule has 94 valence electrons. The number of benzene rings is 1. The Morgan fingerprint density at radius 1 is 1.39 bits per heavy atom. The number of hydrogen-bond donors (Lipinski definition) is 1. The summed E-state index contributed by atoms with van der Waals surface area (Å²) >= 11 is 11.8. The molecule has 0 radical (unpaired) electrons. The van der Waals surface area contributed by atoms with Gasteiger partial charge in [0.15, 0.2) is 0 Å². The van der Waals surface area contributed by atoms with Crippen LogP contribution >= 0.6 is 44.1 Å². The molecule has 0 saturated heterocycles. The zero-order chi connectivity index (χ0) is 13.3. The molecule has 2 rings (SSSR count). The SMILES string of the molecule is CCc1[nH]c(-c2ccc(F)c(Br)c2)nc(=S)c1Br. The number of halogens is 3. The third-order valence-electron chi connectivity index (χ3n) is 2.48. The minimum absolute atomic E-state index is 0.301. The summed E-state index contributed by atoms with van der Waals surface area (Å²) in [4.78, 5) is 7.49. The van der Waals surface area contributed by atoms with Crippen molar-refractivity contribution in [3.8, 4) is 11.4 Å². The molecule has 0 saturated carbocycles. The molecule has 18 heavy (non-hydrogen) atoms. The van der Waals surface area contributed by atoms with Gasteiger partial charge in [0.05, 0.1) is 8.95 Å². The molecule has 1 aromatic carbocycles. The number of aromatic amines is 1. The molecule has 2 aromatic rings. The second-order valence-electron chi connectivity index (χ2n) is 3.67. The standard InChI is InChI=1S/C12H9Br2FN2S/c1-2-9-10(14)12(18)17-11(16-9)6-3-4-8(15)7(13)5-6/h3-5H,2H2,1H3,(H,16,17,18). The maximum atomic E-state index is 13.2. The van der Waals surface area contributed by atoms with Gasteiger partial charge < -0.3 is 4.98 Å². The first-order chi connectivity index (χ1) is 8.52. The maximum absolute atomic E-state index is 13.2. The molecule has 0 fully saturated rings. The molecule has 1 heterocycles. The van der Waals surface area contributed by atoms with Gasteiger partial charge >= 0.3 is 0 Å². The summed E-state index contributed by atoms with van der Waals surface area (Å²) in [6.07, 6.45) is 0.808. The van der Waals surface area contributed by atoms with Gasteiger partial charge in [0.25, 0.3) is 0 Å². The van der Waals surface area contributed by atoms with Crippen LogP contribution in [0.15, 0.2) is 27.1 Å². The number of rotatable bonds is 2. The summed E-state index contributed by atoms with van der Waals surface area (Å²) < 4.78 is 14.9. The van der Waals surface area contributed by atoms with Crippen molar-refractivity contribution in [3.05, 3.63) is 43.3 Å². The Morgan fingerprint density at radius 3 is 2.72 bits per heavy atom. The second-order valence-corrected chi connectivity index (χ2v) is 5.70. The molecule has 0 amide bonds. The summed E-state index contributed by atoms with van der Waals surface area (Å²) in [5.74, 6) is 0.339. The van der Waals surface area contributed by atoms with Crippen LogP contribution in [0.1, 0.15) is 12.6 Å². The van der Waals surface area contributed by atoms with Crippen molar-refractivity contribution < 1.29 is 4.39 Å². The Hall–Kier alpha value is -0.590. The van der Waals surface area contributed by atoms with E-state index in [-0.39, 0.29) is 5.82 Å². The van der Waals surface area contributed by atoms with Crippen molar-refractivity contribution in [3.63, 3.8) is 0 Å². The Labute approximate surface area is 126 Å². The van der Waals surface area contributed by atoms with Gasteiger partial charge in [-0.3, -0.25) is 0 Å². The Morgan fingerprint density at radius 2 is 2.11 bits per heavy atom. The van der Waals surface area contributed by atoms with Gasteiger partial charge in [0, 0.05) is 11.3 Å². The van der Waals surface area contributed by atoms with Gasteiger partial charge in [-0.15, -0.1) is 0 Å². The Bertz CT molecular complexity index is 655. The monoisotopic (exact) mass is 390 g/mol. The summed E-state index contributed by atoms with van der Waals surface area (Å²) in [5, 5.41) is 0. The predicted octanol–water partition coefficient (Wildman–Crippen LogP) is 5.03. The van der Waals surface area contributed by atoms with E-state index in [0.29, 0.717) is 14.9 Å². The molecule has 0 spiro atoms. The average Bonchev–Trinajstić information content (AvgIpc) is 2.36. The topological polar surface area (TPSA) is 28.7 Å². The minimum Gasteiger partial charge on any atom is -0.342 e. The summed E-state index contributed by atoms with van der Waals surface area (Å²) in [6, 6.07) is 4.74. The second kappa shape index (κ2) is 5.59. The first kappa shape index (κ1) is 13.8. The molecule has 0 aliphatic carbocycles. The summed E-state index contributed by atoms with van der Waals surface area (Å²) in [7, 11) is 0. The van der Waals surface area contributed by atoms with E-state index in [0.717, 1.165) is 22.2 Å². The fourth-order valence-corrected chi connectivity index (χ4v) is 2.59. The minimum atomic E-state index is -0.301. The molecule has 1 aromatic heterocycles. The van der Waals surface area contributed by atoms with Crippen molar-refractivity contribution in [1.82, 2.24) is 9.97 Å². The highest BCUT2D eigenvalue weighted by Crippen LogP contribution is 2.25. The number of H-pyrrole nitrogens is 1. The summed E-state index contributed by atoms with van der Waals surface area (Å²) in [5.41, 5.74) is 1.77. The number of nitrogens with zero attached hydrogens (tertiary/aromatic N) is 1. The van der Waals surface area contributed by atoms with E-state index in [1.54, 1.807) is 12.1 Å². The molecular formula is C12H9Br2FN2S. The van der Waals surface area contributed by atoms with E-state index in [1.165, 1.54) is 6.07 Å². The van der Waals surface area contributed by atoms with Gasteiger partial charge in [0.2, 0.25) is 0 Å². The van der Waals surface area contributed by atoms with Crippen LogP contribution in [-0.4, -0.2) is 9.97 Å². The average molecular weight is 392 g/mol. The van der Waals surface area contributed by atoms with Crippen molar-refractivity contribution in [2.24, 2.45) is 0 Å². The zero-order valence-corrected chi connectivity index (χ0v) is 13.4. The molecule has 0 aliphatic heterocycles. The van der Waals surface area contributed by atoms with Crippen molar-refractivity contribution in [2.45, 2.75) is 13.3 Å². The third-order valence-corrected chi connectivity index (χ3v) is 4.50. The molecule has 2 nitrogen and oxygen atoms in total. The van der Waals surface area contributed by atoms with E-state index in [2.05, 4.69) is 41.8 Å². The van der Waals surface area contributed by atoms with E-state index in [1.807, 2.05) is 6.92 Å². The highest BCUT2D eigenvalue weighted by atomic mass is 79.9. The van der Waals surface area contributed by atoms with Crippen LogP contribution in [0.25, 0.3) is 11.4 Å². The van der Waals surface area contributed by atoms with E-state index in [4.69, 9.17) is 12.2 Å². The van der Waals surface area contributed by atoms with Gasteiger partial charge in [0.1, 0.15) is 16.3 Å². The molecule has 1 N–H and O–H groups in total. The molecule has 0 bridgehead atoms. The van der Waals surface area contributed by atoms with Gasteiger partial charge in [-0.05, 0) is 56.5 Å². The Balaban J connectivity index is 2.60. The van der Waals surface area contributed by atoms with Crippen LogP contribution in [0.3, 0.4) is 0 Å². The van der Waals surface area contributed by atoms with E-state index in [9.17, 15) is 4.39 Å². The molecular weight excluding hydrogens is 383 g/mol. The highest BCUT2D eigenvalue weighted by molar-refractivity contribution is 9.10. The van der Waals surface area contributed by atoms with Crippen LogP contribution in [0.5, 0.6) is 0 Å². The lowest BCUT2D eigenvalue weighted by molar-refractivity contribution is 0.621. The number of nitrogens with one attached hydrogen (secondary N) is 1. The first-order valence-electron chi connectivity index (χ1n) is 5.27. The normalized spacial score (nSPS) is 10.7. The number of aromatic nitrogens is 2. The lowest BCUT2D eigenvalue weighted by Gasteiger charge is -2.07. The van der Waals surface area contributed by atoms with Gasteiger partial charge in [-0.25, -0.2) is 9.37 Å². The van der Waals surface area contributed by atoms with Gasteiger partial charge in [-0.1, -0.05) is 19.1 Å². The van der Waals surface area contributed by atoms with Crippen LogP contribution in [-0.2, 0) is 6.42 Å². The van der Waals surface area contributed by atoms with Crippen LogP contribution in [0.4, 0.5) is 4.39 Å². The quantitative estimate of drug-likeness (QED) is 0.727. The maximum Gasteiger partial charge on any atom is 0.144 e. The van der Waals surface area contributed by atoms with Crippen molar-refractivity contribution in [2.75, 3.05) is 0 Å². The predicted molar refractivity (Wildman–Crippen MR) is 79.6 cm³/mol. The van der Waals surface area contributed by atoms with Crippen LogP contribution in [0.2, 0.25) is 0 Å². The fraction of sp³-hybridized carbons (Fsp3) is 0.167. The van der Waals surface area contributed by atoms with Crippen molar-refractivity contribution >= 4 is 44.1 Å². The molecule has 0 unspecified atom stereocenters. The summed E-state index contributed by atoms with van der Waals surface area (Å²) in [6.45, 7) is 2.02. The Kier molecular flexibility index (Phi) is 4.29. The van der Waals surface area contributed by atoms with E-state index < -0.39 is 0 Å². The van der Waals surface area contributed by atoms with Crippen LogP contribution in [0, 0.1) is 10.5 Å². The molecule has 0 aliphatic rings. The van der Waals surface area contributed by atoms with Gasteiger partial charge in [-0.2, -0.15) is 0 Å². The zero-order valence-electron chi connectivity index (χ0n) is 9.43. The van der Waals surface area contributed by atoms with Crippen LogP contribution < -0.4 is 0 Å². The number of hydrogen-bond acceptors (Lipinski definition) is 2. The molecule has 0 atom stereocenters. The largest absolute Gasteiger partial charge is 0.342 e. The lowest BCUT2D eigenvalue weighted by atomic mass is 10.2. The first-order valence-corrected chi connectivity index (χ1v) is 7.26. The smallest absolute Gasteiger partial charge is 0.144 e.